The lowest BCUT2D eigenvalue weighted by Crippen LogP contribution is -2.22. The summed E-state index contributed by atoms with van der Waals surface area (Å²) in [7, 11) is 0. The van der Waals surface area contributed by atoms with Gasteiger partial charge < -0.3 is 10.6 Å². The van der Waals surface area contributed by atoms with Crippen molar-refractivity contribution >= 4 is 33.4 Å². The first-order valence-electron chi connectivity index (χ1n) is 11.8. The molecule has 0 aliphatic carbocycles. The normalized spacial score (nSPS) is 9.89. The molecule has 36 heavy (non-hydrogen) atoms. The lowest BCUT2D eigenvalue weighted by molar-refractivity contribution is -0.119. The summed E-state index contributed by atoms with van der Waals surface area (Å²) in [5.41, 5.74) is 5.12. The number of carbonyl (C=O) groups is 2. The molecule has 4 nitrogen and oxygen atoms in total. The van der Waals surface area contributed by atoms with Crippen LogP contribution in [0.4, 0.5) is 0 Å². The Morgan fingerprint density at radius 1 is 0.611 bits per heavy atom. The molecule has 0 saturated carbocycles. The molecule has 0 aliphatic heterocycles. The van der Waals surface area contributed by atoms with Gasteiger partial charge in [-0.25, -0.2) is 0 Å². The molecular weight excluding hydrogens is 444 g/mol. The number of rotatable bonds is 6. The molecule has 0 spiro atoms. The fourth-order valence-electron chi connectivity index (χ4n) is 4.08. The van der Waals surface area contributed by atoms with E-state index in [-0.39, 0.29) is 26.7 Å². The highest BCUT2D eigenvalue weighted by atomic mass is 16.1. The second kappa shape index (κ2) is 14.7. The molecule has 4 aromatic rings. The van der Waals surface area contributed by atoms with Crippen molar-refractivity contribution in [3.63, 3.8) is 0 Å². The van der Waals surface area contributed by atoms with Gasteiger partial charge in [0.1, 0.15) is 0 Å². The zero-order chi connectivity index (χ0) is 24.5. The van der Waals surface area contributed by atoms with Crippen LogP contribution in [-0.2, 0) is 22.4 Å². The summed E-state index contributed by atoms with van der Waals surface area (Å²) in [5, 5.41) is 10.8. The number of hydrogen-bond donors (Lipinski definition) is 2. The Morgan fingerprint density at radius 3 is 1.36 bits per heavy atom. The number of benzene rings is 4. The Morgan fingerprint density at radius 2 is 1.00 bits per heavy atom. The van der Waals surface area contributed by atoms with Crippen LogP contribution in [0.5, 0.6) is 0 Å². The van der Waals surface area contributed by atoms with Crippen molar-refractivity contribution < 1.29 is 9.59 Å². The summed E-state index contributed by atoms with van der Waals surface area (Å²) in [5.74, 6) is 0.0582. The molecule has 0 saturated heterocycles. The Labute approximate surface area is 217 Å². The number of amides is 2. The molecule has 4 heteroatoms. The summed E-state index contributed by atoms with van der Waals surface area (Å²) < 4.78 is 0. The molecule has 0 heterocycles. The molecule has 0 fully saturated rings. The molecule has 0 aliphatic rings. The average Bonchev–Trinajstić information content (AvgIpc) is 2.79. The molecule has 4 rings (SSSR count). The van der Waals surface area contributed by atoms with Crippen LogP contribution in [0.3, 0.4) is 0 Å². The van der Waals surface area contributed by atoms with Gasteiger partial charge in [0, 0.05) is 26.9 Å². The molecule has 192 valence electrons. The molecule has 2 N–H and O–H groups in total. The molecule has 0 atom stereocenters. The van der Waals surface area contributed by atoms with Crippen molar-refractivity contribution in [1.82, 2.24) is 10.6 Å². The van der Waals surface area contributed by atoms with E-state index >= 15 is 0 Å². The first-order valence-corrected chi connectivity index (χ1v) is 11.8. The van der Waals surface area contributed by atoms with Gasteiger partial charge in [0.2, 0.25) is 11.8 Å². The highest BCUT2D eigenvalue weighted by molar-refractivity contribution is 5.87. The molecule has 0 bridgehead atoms. The Kier molecular flexibility index (Phi) is 12.4. The number of fused-ring (bicyclic) bond motifs is 2. The van der Waals surface area contributed by atoms with E-state index in [2.05, 4.69) is 97.3 Å². The fraction of sp³-hybridized carbons (Fsp3) is 0.312. The quantitative estimate of drug-likeness (QED) is 0.311. The van der Waals surface area contributed by atoms with Gasteiger partial charge >= 0.3 is 0 Å². The van der Waals surface area contributed by atoms with E-state index in [0.29, 0.717) is 13.1 Å². The Bertz CT molecular complexity index is 1190. The van der Waals surface area contributed by atoms with Crippen molar-refractivity contribution in [2.45, 2.75) is 55.4 Å². The van der Waals surface area contributed by atoms with E-state index in [9.17, 15) is 9.59 Å². The third-order valence-corrected chi connectivity index (χ3v) is 5.79. The predicted molar refractivity (Wildman–Crippen MR) is 156 cm³/mol. The second-order valence-corrected chi connectivity index (χ2v) is 8.75. The zero-order valence-electron chi connectivity index (χ0n) is 20.6. The predicted octanol–water partition coefficient (Wildman–Crippen LogP) is 6.93. The van der Waals surface area contributed by atoms with Crippen molar-refractivity contribution in [1.29, 1.82) is 0 Å². The topological polar surface area (TPSA) is 58.2 Å². The van der Waals surface area contributed by atoms with E-state index < -0.39 is 0 Å². The summed E-state index contributed by atoms with van der Waals surface area (Å²) >= 11 is 0. The van der Waals surface area contributed by atoms with Gasteiger partial charge in [-0.05, 0) is 59.4 Å². The minimum absolute atomic E-state index is 0. The molecular formula is C32H42N2O2. The largest absolute Gasteiger partial charge is 0.356 e. The van der Waals surface area contributed by atoms with Crippen LogP contribution in [-0.4, -0.2) is 24.9 Å². The summed E-state index contributed by atoms with van der Waals surface area (Å²) in [4.78, 5) is 21.7. The number of nitrogens with one attached hydrogen (secondary N) is 2. The lowest BCUT2D eigenvalue weighted by Gasteiger charge is -2.08. The highest BCUT2D eigenvalue weighted by Crippen LogP contribution is 2.21. The van der Waals surface area contributed by atoms with Gasteiger partial charge in [0.15, 0.2) is 0 Å². The number of hydrogen-bond acceptors (Lipinski definition) is 2. The van der Waals surface area contributed by atoms with Gasteiger partial charge in [-0.15, -0.1) is 0 Å². The standard InChI is InChI=1S/2C15H17NO.2CH4/c2*1-11-6-7-13-4-3-5-14(15(13)10-11)8-9-16-12(2)17;;/h2*3-7,10H,8-9H2,1-2H3,(H,16,17);2*1H4. The van der Waals surface area contributed by atoms with Crippen molar-refractivity contribution in [3.8, 4) is 0 Å². The maximum absolute atomic E-state index is 10.8. The van der Waals surface area contributed by atoms with E-state index in [1.807, 2.05) is 0 Å². The fourth-order valence-corrected chi connectivity index (χ4v) is 4.08. The third kappa shape index (κ3) is 8.84. The SMILES string of the molecule is C.C.CC(=O)NCCc1cccc2ccc(C)cc12.CC(=O)NCCc1cccc2ccc(C)cc12. The summed E-state index contributed by atoms with van der Waals surface area (Å²) in [6.45, 7) is 8.69. The Balaban J connectivity index is 0.000000341. The number of carbonyl (C=O) groups excluding carboxylic acids is 2. The average molecular weight is 487 g/mol. The molecule has 0 radical (unpaired) electrons. The van der Waals surface area contributed by atoms with Gasteiger partial charge in [0.05, 0.1) is 0 Å². The van der Waals surface area contributed by atoms with Crippen LogP contribution in [0.1, 0.15) is 51.0 Å². The number of aryl methyl sites for hydroxylation is 2. The van der Waals surface area contributed by atoms with Crippen molar-refractivity contribution in [2.75, 3.05) is 13.1 Å². The van der Waals surface area contributed by atoms with Gasteiger partial charge in [-0.3, -0.25) is 9.59 Å². The lowest BCUT2D eigenvalue weighted by atomic mass is 10.0. The van der Waals surface area contributed by atoms with Crippen LogP contribution in [0, 0.1) is 13.8 Å². The first-order chi connectivity index (χ1) is 16.3. The van der Waals surface area contributed by atoms with Crippen molar-refractivity contribution in [3.05, 3.63) is 95.1 Å². The summed E-state index contributed by atoms with van der Waals surface area (Å²) in [6, 6.07) is 25.6. The highest BCUT2D eigenvalue weighted by Gasteiger charge is 2.02. The maximum atomic E-state index is 10.8. The second-order valence-electron chi connectivity index (χ2n) is 8.75. The van der Waals surface area contributed by atoms with Crippen LogP contribution in [0.25, 0.3) is 21.5 Å². The van der Waals surface area contributed by atoms with Crippen LogP contribution in [0.15, 0.2) is 72.8 Å². The third-order valence-electron chi connectivity index (χ3n) is 5.79. The Hall–Kier alpha value is -3.66. The van der Waals surface area contributed by atoms with Crippen molar-refractivity contribution in [2.24, 2.45) is 0 Å². The maximum Gasteiger partial charge on any atom is 0.216 e. The van der Waals surface area contributed by atoms with Crippen LogP contribution < -0.4 is 10.6 Å². The van der Waals surface area contributed by atoms with E-state index in [1.54, 1.807) is 13.8 Å². The van der Waals surface area contributed by atoms with Crippen LogP contribution >= 0.6 is 0 Å². The zero-order valence-corrected chi connectivity index (χ0v) is 20.6. The van der Waals surface area contributed by atoms with E-state index in [1.165, 1.54) is 43.8 Å². The first kappa shape index (κ1) is 30.4. The van der Waals surface area contributed by atoms with E-state index in [4.69, 9.17) is 0 Å². The molecule has 0 aromatic heterocycles. The van der Waals surface area contributed by atoms with Gasteiger partial charge in [-0.2, -0.15) is 0 Å². The minimum atomic E-state index is 0. The van der Waals surface area contributed by atoms with Gasteiger partial charge in [0.25, 0.3) is 0 Å². The van der Waals surface area contributed by atoms with Gasteiger partial charge in [-0.1, -0.05) is 98.8 Å². The summed E-state index contributed by atoms with van der Waals surface area (Å²) in [6.07, 6.45) is 1.75. The molecule has 4 aromatic carbocycles. The monoisotopic (exact) mass is 486 g/mol. The smallest absolute Gasteiger partial charge is 0.216 e. The molecule has 2 amide bonds. The van der Waals surface area contributed by atoms with E-state index in [0.717, 1.165) is 12.8 Å². The minimum Gasteiger partial charge on any atom is -0.356 e. The van der Waals surface area contributed by atoms with Crippen LogP contribution in [0.2, 0.25) is 0 Å². The molecule has 0 unspecified atom stereocenters.